The fraction of sp³-hybridized carbons (Fsp3) is 0.378. The number of nitrogens with one attached hydrogen (secondary N) is 2. The number of benzene rings is 3. The van der Waals surface area contributed by atoms with Crippen LogP contribution in [0.2, 0.25) is 0 Å². The molecule has 1 fully saturated rings. The van der Waals surface area contributed by atoms with Gasteiger partial charge < -0.3 is 30.6 Å². The van der Waals surface area contributed by atoms with E-state index in [0.717, 1.165) is 36.1 Å². The average Bonchev–Trinajstić information content (AvgIpc) is 3.33. The Balaban J connectivity index is 1.18. The molecule has 3 amide bonds. The maximum atomic E-state index is 14.0. The molecular formula is C37H41N5O7. The summed E-state index contributed by atoms with van der Waals surface area (Å²) < 4.78 is 0. The van der Waals surface area contributed by atoms with Gasteiger partial charge in [0, 0.05) is 48.8 Å². The lowest BCUT2D eigenvalue weighted by Crippen LogP contribution is -2.46. The normalized spacial score (nSPS) is 22.5. The Hall–Kier alpha value is -4.91. The molecule has 12 nitrogen and oxygen atoms in total. The third-order valence-corrected chi connectivity index (χ3v) is 9.96. The van der Waals surface area contributed by atoms with Crippen LogP contribution in [0, 0.1) is 22.0 Å². The second kappa shape index (κ2) is 14.3. The van der Waals surface area contributed by atoms with E-state index in [1.807, 2.05) is 24.3 Å². The smallest absolute Gasteiger partial charge is 0.269 e. The fourth-order valence-electron chi connectivity index (χ4n) is 7.07. The number of carbonyl (C=O) groups is 3. The Kier molecular flexibility index (Phi) is 9.91. The second-order valence-electron chi connectivity index (χ2n) is 13.1. The van der Waals surface area contributed by atoms with Crippen molar-refractivity contribution < 1.29 is 29.5 Å². The van der Waals surface area contributed by atoms with E-state index in [1.54, 1.807) is 48.2 Å². The highest BCUT2D eigenvalue weighted by Gasteiger charge is 2.53. The summed E-state index contributed by atoms with van der Waals surface area (Å²) in [7, 11) is 0. The lowest BCUT2D eigenvalue weighted by molar-refractivity contribution is -0.385. The SMILES string of the molecule is C[C@@H](/C=C/CC(=O)N1Cc2ccccc2C[C@H]1CO)[C@]1(O)C(=O)N(Cc2ccc(NC(=O)C3CCCNC3)cc2)c2ccc([N+](=O)[O-])cc21. The van der Waals surface area contributed by atoms with Crippen molar-refractivity contribution in [2.24, 2.45) is 11.8 Å². The number of fused-ring (bicyclic) bond motifs is 2. The number of piperidine rings is 1. The van der Waals surface area contributed by atoms with Crippen LogP contribution in [0.1, 0.15) is 48.4 Å². The Morgan fingerprint density at radius 3 is 2.59 bits per heavy atom. The number of carbonyl (C=O) groups excluding carboxylic acids is 3. The van der Waals surface area contributed by atoms with Crippen molar-refractivity contribution >= 4 is 34.8 Å². The van der Waals surface area contributed by atoms with Crippen molar-refractivity contribution in [2.75, 3.05) is 29.9 Å². The van der Waals surface area contributed by atoms with Gasteiger partial charge in [-0.2, -0.15) is 0 Å². The van der Waals surface area contributed by atoms with Crippen LogP contribution in [0.25, 0.3) is 0 Å². The number of hydrogen-bond acceptors (Lipinski definition) is 8. The summed E-state index contributed by atoms with van der Waals surface area (Å²) in [6, 6.07) is 18.6. The van der Waals surface area contributed by atoms with Gasteiger partial charge in [-0.1, -0.05) is 55.5 Å². The van der Waals surface area contributed by atoms with E-state index in [2.05, 4.69) is 10.6 Å². The molecule has 3 aromatic carbocycles. The number of non-ortho nitro benzene ring substituents is 1. The van der Waals surface area contributed by atoms with Crippen LogP contribution >= 0.6 is 0 Å². The summed E-state index contributed by atoms with van der Waals surface area (Å²) in [6.45, 7) is 3.48. The first-order valence-electron chi connectivity index (χ1n) is 16.7. The van der Waals surface area contributed by atoms with Crippen LogP contribution in [0.15, 0.2) is 78.9 Å². The van der Waals surface area contributed by atoms with Crippen LogP contribution in [0.3, 0.4) is 0 Å². The summed E-state index contributed by atoms with van der Waals surface area (Å²) in [5.74, 6) is -1.83. The van der Waals surface area contributed by atoms with Gasteiger partial charge in [-0.05, 0) is 60.7 Å². The molecule has 1 saturated heterocycles. The van der Waals surface area contributed by atoms with Gasteiger partial charge in [-0.3, -0.25) is 24.5 Å². The maximum absolute atomic E-state index is 14.0. The quantitative estimate of drug-likeness (QED) is 0.144. The lowest BCUT2D eigenvalue weighted by atomic mass is 9.82. The van der Waals surface area contributed by atoms with E-state index >= 15 is 0 Å². The van der Waals surface area contributed by atoms with Crippen molar-refractivity contribution in [3.63, 3.8) is 0 Å². The van der Waals surface area contributed by atoms with E-state index < -0.39 is 22.3 Å². The number of aliphatic hydroxyl groups is 2. The van der Waals surface area contributed by atoms with Crippen molar-refractivity contribution in [1.29, 1.82) is 0 Å². The highest BCUT2D eigenvalue weighted by atomic mass is 16.6. The summed E-state index contributed by atoms with van der Waals surface area (Å²) >= 11 is 0. The summed E-state index contributed by atoms with van der Waals surface area (Å²) in [5.41, 5.74) is 1.58. The van der Waals surface area contributed by atoms with E-state index in [1.165, 1.54) is 23.1 Å². The largest absolute Gasteiger partial charge is 0.394 e. The lowest BCUT2D eigenvalue weighted by Gasteiger charge is -2.36. The highest BCUT2D eigenvalue weighted by Crippen LogP contribution is 2.47. The molecule has 3 heterocycles. The monoisotopic (exact) mass is 667 g/mol. The zero-order valence-electron chi connectivity index (χ0n) is 27.4. The highest BCUT2D eigenvalue weighted by molar-refractivity contribution is 6.07. The topological polar surface area (TPSA) is 165 Å². The van der Waals surface area contributed by atoms with Gasteiger partial charge in [0.2, 0.25) is 11.8 Å². The molecule has 4 N–H and O–H groups in total. The molecule has 0 radical (unpaired) electrons. The number of rotatable bonds is 10. The van der Waals surface area contributed by atoms with E-state index in [-0.39, 0.29) is 54.6 Å². The number of nitro groups is 1. The Labute approximate surface area is 284 Å². The van der Waals surface area contributed by atoms with Crippen molar-refractivity contribution in [1.82, 2.24) is 10.2 Å². The third-order valence-electron chi connectivity index (χ3n) is 9.96. The Morgan fingerprint density at radius 1 is 1.14 bits per heavy atom. The zero-order valence-corrected chi connectivity index (χ0v) is 27.4. The third kappa shape index (κ3) is 6.85. The first-order chi connectivity index (χ1) is 23.6. The minimum atomic E-state index is -2.12. The second-order valence-corrected chi connectivity index (χ2v) is 13.1. The number of nitrogens with zero attached hydrogens (tertiary/aromatic N) is 3. The number of amides is 3. The number of hydrogen-bond donors (Lipinski definition) is 4. The molecule has 0 bridgehead atoms. The van der Waals surface area contributed by atoms with Crippen LogP contribution < -0.4 is 15.5 Å². The fourth-order valence-corrected chi connectivity index (χ4v) is 7.07. The van der Waals surface area contributed by atoms with Crippen LogP contribution in [-0.4, -0.2) is 63.5 Å². The van der Waals surface area contributed by atoms with Crippen LogP contribution in [0.4, 0.5) is 17.1 Å². The van der Waals surface area contributed by atoms with Gasteiger partial charge in [0.15, 0.2) is 5.60 Å². The van der Waals surface area contributed by atoms with E-state index in [4.69, 9.17) is 0 Å². The molecule has 49 heavy (non-hydrogen) atoms. The van der Waals surface area contributed by atoms with Crippen molar-refractivity contribution in [2.45, 2.75) is 57.3 Å². The molecule has 256 valence electrons. The predicted molar refractivity (Wildman–Crippen MR) is 183 cm³/mol. The standard InChI is InChI=1S/C37H41N5O7/c1-24(6-4-10-34(44)40-22-28-8-3-2-7-26(28)18-31(40)23-43)37(47)32-19-30(42(48)49)15-16-33(32)41(36(37)46)21-25-11-13-29(14-12-25)39-35(45)27-9-5-17-38-20-27/h2-4,6-8,11-16,19,24,27,31,38,43,47H,5,9-10,17-18,20-23H2,1H3,(H,39,45)/b6-4+/t24-,27?,31-,37+/m0/s1. The summed E-state index contributed by atoms with van der Waals surface area (Å²) in [5, 5.41) is 39.9. The molecule has 4 atom stereocenters. The number of aliphatic hydroxyl groups excluding tert-OH is 1. The maximum Gasteiger partial charge on any atom is 0.269 e. The van der Waals surface area contributed by atoms with Crippen molar-refractivity contribution in [3.05, 3.63) is 111 Å². The molecule has 0 saturated carbocycles. The minimum Gasteiger partial charge on any atom is -0.394 e. The van der Waals surface area contributed by atoms with Gasteiger partial charge >= 0.3 is 0 Å². The Morgan fingerprint density at radius 2 is 1.90 bits per heavy atom. The first-order valence-corrected chi connectivity index (χ1v) is 16.7. The van der Waals surface area contributed by atoms with Gasteiger partial charge in [0.25, 0.3) is 11.6 Å². The number of anilines is 2. The van der Waals surface area contributed by atoms with Crippen LogP contribution in [0.5, 0.6) is 0 Å². The molecule has 12 heteroatoms. The molecule has 0 spiro atoms. The Bertz CT molecular complexity index is 1770. The van der Waals surface area contributed by atoms with E-state index in [9.17, 15) is 34.7 Å². The van der Waals surface area contributed by atoms with Gasteiger partial charge in [0.1, 0.15) is 0 Å². The molecule has 6 rings (SSSR count). The van der Waals surface area contributed by atoms with Gasteiger partial charge in [0.05, 0.1) is 35.7 Å². The molecule has 0 aromatic heterocycles. The molecule has 3 aliphatic rings. The zero-order chi connectivity index (χ0) is 34.7. The van der Waals surface area contributed by atoms with Gasteiger partial charge in [-0.25, -0.2) is 0 Å². The molecule has 1 unspecified atom stereocenters. The molecule has 0 aliphatic carbocycles. The minimum absolute atomic E-state index is 0.0149. The molecule has 3 aromatic rings. The first kappa shape index (κ1) is 34.0. The summed E-state index contributed by atoms with van der Waals surface area (Å²) in [4.78, 5) is 54.2. The summed E-state index contributed by atoms with van der Waals surface area (Å²) in [6.07, 6.45) is 5.50. The predicted octanol–water partition coefficient (Wildman–Crippen LogP) is 3.80. The van der Waals surface area contributed by atoms with Gasteiger partial charge in [-0.15, -0.1) is 0 Å². The van der Waals surface area contributed by atoms with Crippen molar-refractivity contribution in [3.8, 4) is 0 Å². The average molecular weight is 668 g/mol. The number of nitro benzene ring substituents is 1. The molecular weight excluding hydrogens is 626 g/mol. The molecule has 3 aliphatic heterocycles. The van der Waals surface area contributed by atoms with E-state index in [0.29, 0.717) is 30.9 Å². The van der Waals surface area contributed by atoms with Crippen LogP contribution in [-0.2, 0) is 39.5 Å².